The van der Waals surface area contributed by atoms with Gasteiger partial charge in [0.25, 0.3) is 5.91 Å². The van der Waals surface area contributed by atoms with Crippen molar-refractivity contribution in [3.8, 4) is 5.75 Å². The van der Waals surface area contributed by atoms with E-state index in [1.165, 1.54) is 6.07 Å². The molecule has 0 radical (unpaired) electrons. The lowest BCUT2D eigenvalue weighted by Crippen LogP contribution is -2.34. The van der Waals surface area contributed by atoms with Crippen molar-refractivity contribution in [1.82, 2.24) is 10.6 Å². The zero-order chi connectivity index (χ0) is 14.4. The van der Waals surface area contributed by atoms with E-state index in [1.54, 1.807) is 0 Å². The molecule has 2 rings (SSSR count). The fourth-order valence-electron chi connectivity index (χ4n) is 2.14. The molecule has 110 valence electrons. The summed E-state index contributed by atoms with van der Waals surface area (Å²) < 4.78 is 18.4. The predicted molar refractivity (Wildman–Crippen MR) is 72.2 cm³/mol. The van der Waals surface area contributed by atoms with Crippen molar-refractivity contribution in [3.05, 3.63) is 29.6 Å². The number of hydrogen-bond acceptors (Lipinski definition) is 4. The summed E-state index contributed by atoms with van der Waals surface area (Å²) in [6.45, 7) is 2.71. The number of nitrogens with one attached hydrogen (secondary N) is 2. The number of hydrogen-bond donors (Lipinski definition) is 3. The van der Waals surface area contributed by atoms with E-state index < -0.39 is 11.7 Å². The number of rotatable bonds is 5. The van der Waals surface area contributed by atoms with Crippen LogP contribution < -0.4 is 10.6 Å². The van der Waals surface area contributed by atoms with Crippen molar-refractivity contribution in [1.29, 1.82) is 0 Å². The number of benzene rings is 1. The molecule has 20 heavy (non-hydrogen) atoms. The van der Waals surface area contributed by atoms with E-state index in [1.807, 2.05) is 0 Å². The van der Waals surface area contributed by atoms with E-state index in [0.29, 0.717) is 13.2 Å². The van der Waals surface area contributed by atoms with E-state index in [0.717, 1.165) is 38.1 Å². The van der Waals surface area contributed by atoms with Crippen LogP contribution in [-0.4, -0.2) is 43.4 Å². The average molecular weight is 282 g/mol. The van der Waals surface area contributed by atoms with E-state index in [2.05, 4.69) is 10.6 Å². The van der Waals surface area contributed by atoms with Gasteiger partial charge < -0.3 is 20.5 Å². The van der Waals surface area contributed by atoms with Gasteiger partial charge in [0.05, 0.1) is 18.3 Å². The minimum Gasteiger partial charge on any atom is -0.507 e. The third-order valence-corrected chi connectivity index (χ3v) is 3.23. The van der Waals surface area contributed by atoms with Gasteiger partial charge in [-0.15, -0.1) is 0 Å². The summed E-state index contributed by atoms with van der Waals surface area (Å²) in [5.41, 5.74) is 0.0632. The Morgan fingerprint density at radius 3 is 2.90 bits per heavy atom. The summed E-state index contributed by atoms with van der Waals surface area (Å²) in [6, 6.07) is 3.31. The van der Waals surface area contributed by atoms with Crippen LogP contribution in [0.3, 0.4) is 0 Å². The molecule has 1 aromatic rings. The molecule has 0 saturated carbocycles. The maximum Gasteiger partial charge on any atom is 0.255 e. The van der Waals surface area contributed by atoms with Gasteiger partial charge in [0.15, 0.2) is 0 Å². The minimum atomic E-state index is -0.576. The summed E-state index contributed by atoms with van der Waals surface area (Å²) in [5, 5.41) is 15.4. The molecule has 0 bridgehead atoms. The Balaban J connectivity index is 1.72. The molecule has 0 aliphatic carbocycles. The predicted octanol–water partition coefficient (Wildman–Crippen LogP) is 1.03. The molecule has 1 aliphatic heterocycles. The van der Waals surface area contributed by atoms with Gasteiger partial charge in [0.1, 0.15) is 11.6 Å². The fraction of sp³-hybridized carbons (Fsp3) is 0.500. The van der Waals surface area contributed by atoms with Gasteiger partial charge >= 0.3 is 0 Å². The van der Waals surface area contributed by atoms with Crippen LogP contribution in [0.1, 0.15) is 23.2 Å². The number of carbonyl (C=O) groups excluding carboxylic acids is 1. The molecule has 5 nitrogen and oxygen atoms in total. The first-order valence-electron chi connectivity index (χ1n) is 6.76. The van der Waals surface area contributed by atoms with Crippen molar-refractivity contribution >= 4 is 5.91 Å². The van der Waals surface area contributed by atoms with Gasteiger partial charge in [-0.05, 0) is 38.1 Å². The molecular formula is C14H19FN2O3. The molecule has 3 N–H and O–H groups in total. The quantitative estimate of drug-likeness (QED) is 0.705. The second-order valence-corrected chi connectivity index (χ2v) is 4.74. The number of aromatic hydroxyl groups is 1. The molecule has 6 heteroatoms. The molecule has 1 aromatic carbocycles. The van der Waals surface area contributed by atoms with Gasteiger partial charge in [-0.1, -0.05) is 0 Å². The van der Waals surface area contributed by atoms with E-state index in [9.17, 15) is 14.3 Å². The number of amides is 1. The molecule has 1 saturated heterocycles. The minimum absolute atomic E-state index is 0.0632. The first kappa shape index (κ1) is 14.7. The Labute approximate surface area is 117 Å². The van der Waals surface area contributed by atoms with Crippen LogP contribution in [0.15, 0.2) is 18.2 Å². The fourth-order valence-corrected chi connectivity index (χ4v) is 2.14. The van der Waals surface area contributed by atoms with Crippen LogP contribution in [-0.2, 0) is 4.74 Å². The Bertz CT molecular complexity index is 462. The SMILES string of the molecule is O=C(NCCOC1CCNCC1)c1ccc(F)cc1O. The monoisotopic (exact) mass is 282 g/mol. The zero-order valence-electron chi connectivity index (χ0n) is 11.2. The number of carbonyl (C=O) groups is 1. The van der Waals surface area contributed by atoms with E-state index in [-0.39, 0.29) is 17.4 Å². The Kier molecular flexibility index (Phi) is 5.31. The highest BCUT2D eigenvalue weighted by Gasteiger charge is 2.14. The molecule has 0 aromatic heterocycles. The Morgan fingerprint density at radius 2 is 2.20 bits per heavy atom. The number of phenols is 1. The van der Waals surface area contributed by atoms with Crippen LogP contribution in [0.4, 0.5) is 4.39 Å². The van der Waals surface area contributed by atoms with Crippen molar-refractivity contribution in [2.45, 2.75) is 18.9 Å². The van der Waals surface area contributed by atoms with Gasteiger partial charge in [-0.2, -0.15) is 0 Å². The van der Waals surface area contributed by atoms with Crippen molar-refractivity contribution in [2.24, 2.45) is 0 Å². The van der Waals surface area contributed by atoms with Crippen molar-refractivity contribution in [3.63, 3.8) is 0 Å². The molecule has 0 spiro atoms. The van der Waals surface area contributed by atoms with Crippen LogP contribution >= 0.6 is 0 Å². The maximum atomic E-state index is 12.8. The summed E-state index contributed by atoms with van der Waals surface area (Å²) in [6.07, 6.45) is 2.20. The molecule has 1 aliphatic rings. The number of phenolic OH excluding ortho intramolecular Hbond substituents is 1. The highest BCUT2D eigenvalue weighted by molar-refractivity contribution is 5.96. The van der Waals surface area contributed by atoms with Crippen molar-refractivity contribution < 1.29 is 19.0 Å². The van der Waals surface area contributed by atoms with Gasteiger partial charge in [-0.25, -0.2) is 4.39 Å². The van der Waals surface area contributed by atoms with E-state index in [4.69, 9.17) is 4.74 Å². The highest BCUT2D eigenvalue weighted by Crippen LogP contribution is 2.17. The zero-order valence-corrected chi connectivity index (χ0v) is 11.2. The second kappa shape index (κ2) is 7.21. The van der Waals surface area contributed by atoms with Crippen LogP contribution in [0, 0.1) is 5.82 Å². The lowest BCUT2D eigenvalue weighted by Gasteiger charge is -2.22. The molecule has 0 unspecified atom stereocenters. The first-order valence-corrected chi connectivity index (χ1v) is 6.76. The Hall–Kier alpha value is -1.66. The maximum absolute atomic E-state index is 12.8. The molecule has 0 atom stereocenters. The first-order chi connectivity index (χ1) is 9.66. The van der Waals surface area contributed by atoms with Crippen LogP contribution in [0.5, 0.6) is 5.75 Å². The van der Waals surface area contributed by atoms with E-state index >= 15 is 0 Å². The molecule has 1 fully saturated rings. The number of halogens is 1. The third kappa shape index (κ3) is 4.18. The second-order valence-electron chi connectivity index (χ2n) is 4.74. The average Bonchev–Trinajstić information content (AvgIpc) is 2.44. The Morgan fingerprint density at radius 1 is 1.45 bits per heavy atom. The summed E-state index contributed by atoms with van der Waals surface area (Å²) >= 11 is 0. The molecular weight excluding hydrogens is 263 g/mol. The standard InChI is InChI=1S/C14H19FN2O3/c15-10-1-2-12(13(18)9-10)14(19)17-7-8-20-11-3-5-16-6-4-11/h1-2,9,11,16,18H,3-8H2,(H,17,19). The summed E-state index contributed by atoms with van der Waals surface area (Å²) in [4.78, 5) is 11.8. The molecule has 1 amide bonds. The lowest BCUT2D eigenvalue weighted by molar-refractivity contribution is 0.0343. The van der Waals surface area contributed by atoms with Crippen LogP contribution in [0.25, 0.3) is 0 Å². The number of ether oxygens (including phenoxy) is 1. The summed E-state index contributed by atoms with van der Waals surface area (Å²) in [7, 11) is 0. The summed E-state index contributed by atoms with van der Waals surface area (Å²) in [5.74, 6) is -1.37. The van der Waals surface area contributed by atoms with Crippen LogP contribution in [0.2, 0.25) is 0 Å². The van der Waals surface area contributed by atoms with Gasteiger partial charge in [0.2, 0.25) is 0 Å². The van der Waals surface area contributed by atoms with Crippen molar-refractivity contribution in [2.75, 3.05) is 26.2 Å². The third-order valence-electron chi connectivity index (χ3n) is 3.23. The topological polar surface area (TPSA) is 70.6 Å². The molecule has 1 heterocycles. The smallest absolute Gasteiger partial charge is 0.255 e. The largest absolute Gasteiger partial charge is 0.507 e. The highest BCUT2D eigenvalue weighted by atomic mass is 19.1. The number of piperidine rings is 1. The van der Waals surface area contributed by atoms with Gasteiger partial charge in [-0.3, -0.25) is 4.79 Å². The lowest BCUT2D eigenvalue weighted by atomic mass is 10.1. The normalized spacial score (nSPS) is 16.1. The van der Waals surface area contributed by atoms with Gasteiger partial charge in [0, 0.05) is 12.6 Å².